The monoisotopic (exact) mass is 1000 g/mol. The summed E-state index contributed by atoms with van der Waals surface area (Å²) < 4.78 is 28.6. The van der Waals surface area contributed by atoms with Gasteiger partial charge in [-0.05, 0) is 111 Å². The molecular weight excluding hydrogens is 923 g/mol. The van der Waals surface area contributed by atoms with Gasteiger partial charge in [0.15, 0.2) is 0 Å². The second-order valence-corrected chi connectivity index (χ2v) is 23.6. The molecule has 0 saturated carbocycles. The molecule has 8 heteroatoms. The van der Waals surface area contributed by atoms with E-state index in [0.29, 0.717) is 12.5 Å². The Bertz CT molecular complexity index is 1570. The van der Waals surface area contributed by atoms with Gasteiger partial charge in [0, 0.05) is 11.9 Å². The van der Waals surface area contributed by atoms with Crippen LogP contribution in [0.15, 0.2) is 120 Å². The van der Waals surface area contributed by atoms with E-state index in [4.69, 9.17) is 9.29 Å². The zero-order valence-corrected chi connectivity index (χ0v) is 44.3. The molecule has 4 aromatic carbocycles. The molecule has 0 bridgehead atoms. The van der Waals surface area contributed by atoms with Crippen molar-refractivity contribution in [2.45, 2.75) is 144 Å². The minimum absolute atomic E-state index is 0. The van der Waals surface area contributed by atoms with Crippen LogP contribution in [-0.4, -0.2) is 38.2 Å². The van der Waals surface area contributed by atoms with Crippen LogP contribution in [0.5, 0.6) is 0 Å². The van der Waals surface area contributed by atoms with E-state index in [1.54, 1.807) is 24.3 Å². The molecule has 0 aliphatic rings. The molecule has 0 radical (unpaired) electrons. The first-order valence-corrected chi connectivity index (χ1v) is 27.4. The van der Waals surface area contributed by atoms with Crippen molar-refractivity contribution in [1.82, 2.24) is 0 Å². The van der Waals surface area contributed by atoms with Gasteiger partial charge in [-0.1, -0.05) is 189 Å². The standard InChI is InChI=1S/C25H30P.C14H22O3S.C7H15Br.C7H16O.BrH/c1-22(2)14-12-13-21-26(23-15-6-3-7-16-23,24-17-8-4-9-18-24)25-19-10-5-11-20-25;1-12(2)6-4-5-11-17-18(15,16)14-9-7-13(3)8-10-14;2*1-7(2)5-3-4-6-8;/h3-11,15-20,22H,12-14,21H2,1-2H3;7-10,12H,4-6,11H2,1-3H3;7H,3-6H2,1-2H3;7-8H,3-6H2,1-2H3;1H/q+1;;;;/p-1. The molecule has 0 amide bonds. The Labute approximate surface area is 394 Å². The molecule has 0 saturated heterocycles. The summed E-state index contributed by atoms with van der Waals surface area (Å²) in [6.07, 6.45) is 15.5. The average molecular weight is 1010 g/mol. The van der Waals surface area contributed by atoms with Crippen LogP contribution in [0.2, 0.25) is 0 Å². The zero-order valence-electron chi connectivity index (χ0n) is 39.4. The minimum Gasteiger partial charge on any atom is -1.00 e. The molecule has 4 nitrogen and oxygen atoms in total. The van der Waals surface area contributed by atoms with Crippen LogP contribution in [0, 0.1) is 30.6 Å². The molecule has 1 N–H and O–H groups in total. The number of hydrogen-bond acceptors (Lipinski definition) is 4. The molecule has 0 unspecified atom stereocenters. The Kier molecular flexibility index (Phi) is 34.4. The van der Waals surface area contributed by atoms with Gasteiger partial charge in [0.2, 0.25) is 0 Å². The van der Waals surface area contributed by atoms with Gasteiger partial charge >= 0.3 is 0 Å². The van der Waals surface area contributed by atoms with Gasteiger partial charge in [-0.25, -0.2) is 0 Å². The summed E-state index contributed by atoms with van der Waals surface area (Å²) >= 11 is 3.40. The highest BCUT2D eigenvalue weighted by atomic mass is 79.9. The van der Waals surface area contributed by atoms with Crippen LogP contribution < -0.4 is 32.9 Å². The first kappa shape index (κ1) is 59.1. The fraction of sp³-hybridized carbons (Fsp3) is 0.547. The van der Waals surface area contributed by atoms with Gasteiger partial charge in [0.1, 0.15) is 23.2 Å². The number of unbranched alkanes of at least 4 members (excludes halogenated alkanes) is 4. The van der Waals surface area contributed by atoms with Gasteiger partial charge < -0.3 is 22.1 Å². The zero-order chi connectivity index (χ0) is 44.7. The fourth-order valence-corrected chi connectivity index (χ4v) is 12.4. The van der Waals surface area contributed by atoms with E-state index in [-0.39, 0.29) is 28.5 Å². The summed E-state index contributed by atoms with van der Waals surface area (Å²) in [5, 5.41) is 14.1. The molecule has 0 aromatic heterocycles. The summed E-state index contributed by atoms with van der Waals surface area (Å²) in [7, 11) is -5.19. The Morgan fingerprint density at radius 1 is 0.525 bits per heavy atom. The van der Waals surface area contributed by atoms with Gasteiger partial charge in [0.05, 0.1) is 17.7 Å². The van der Waals surface area contributed by atoms with E-state index in [9.17, 15) is 8.42 Å². The normalized spacial score (nSPS) is 11.3. The van der Waals surface area contributed by atoms with E-state index in [0.717, 1.165) is 49.0 Å². The van der Waals surface area contributed by atoms with Gasteiger partial charge in [-0.15, -0.1) is 0 Å². The average Bonchev–Trinajstić information content (AvgIpc) is 3.22. The topological polar surface area (TPSA) is 63.6 Å². The summed E-state index contributed by atoms with van der Waals surface area (Å²) in [6.45, 7) is 20.5. The lowest BCUT2D eigenvalue weighted by Gasteiger charge is -2.27. The molecule has 0 spiro atoms. The second-order valence-electron chi connectivity index (χ2n) is 17.6. The number of aliphatic hydroxyl groups is 1. The fourth-order valence-electron chi connectivity index (χ4n) is 6.69. The van der Waals surface area contributed by atoms with Gasteiger partial charge in [-0.2, -0.15) is 8.42 Å². The van der Waals surface area contributed by atoms with E-state index in [1.807, 2.05) is 6.92 Å². The summed E-state index contributed by atoms with van der Waals surface area (Å²) in [6, 6.07) is 40.4. The maximum absolute atomic E-state index is 11.8. The highest BCUT2D eigenvalue weighted by Crippen LogP contribution is 2.56. The van der Waals surface area contributed by atoms with Crippen LogP contribution in [0.1, 0.15) is 138 Å². The van der Waals surface area contributed by atoms with Crippen molar-refractivity contribution in [1.29, 1.82) is 0 Å². The summed E-state index contributed by atoms with van der Waals surface area (Å²) in [5.41, 5.74) is 1.03. The Morgan fingerprint density at radius 3 is 1.25 bits per heavy atom. The van der Waals surface area contributed by atoms with Gasteiger partial charge in [-0.3, -0.25) is 4.18 Å². The quantitative estimate of drug-likeness (QED) is 0.0348. The van der Waals surface area contributed by atoms with E-state index >= 15 is 0 Å². The van der Waals surface area contributed by atoms with E-state index in [2.05, 4.69) is 162 Å². The number of aliphatic hydroxyl groups excluding tert-OH is 1. The van der Waals surface area contributed by atoms with Crippen LogP contribution in [0.3, 0.4) is 0 Å². The first-order chi connectivity index (χ1) is 28.7. The third-order valence-electron chi connectivity index (χ3n) is 10.2. The maximum atomic E-state index is 11.8. The van der Waals surface area contributed by atoms with Gasteiger partial charge in [0.25, 0.3) is 10.1 Å². The van der Waals surface area contributed by atoms with Crippen molar-refractivity contribution in [2.24, 2.45) is 23.7 Å². The van der Waals surface area contributed by atoms with Crippen molar-refractivity contribution < 1.29 is 34.7 Å². The van der Waals surface area contributed by atoms with Crippen LogP contribution in [0.25, 0.3) is 0 Å². The SMILES string of the molecule is CC(C)CCCCBr.CC(C)CCCCO.CC(C)CCCC[P+](c1ccccc1)(c1ccccc1)c1ccccc1.Cc1ccc(S(=O)(=O)OCCCCC(C)C)cc1.[Br-]. The van der Waals surface area contributed by atoms with Crippen molar-refractivity contribution >= 4 is 49.2 Å². The third-order valence-corrected chi connectivity index (χ3v) is 16.6. The number of hydrogen-bond donors (Lipinski definition) is 1. The molecule has 0 aliphatic carbocycles. The number of aryl methyl sites for hydroxylation is 1. The first-order valence-electron chi connectivity index (χ1n) is 22.9. The Morgan fingerprint density at radius 2 is 0.885 bits per heavy atom. The molecular formula is C53H83Br2O4PS. The smallest absolute Gasteiger partial charge is 0.296 e. The molecule has 0 heterocycles. The van der Waals surface area contributed by atoms with Crippen LogP contribution >= 0.6 is 23.2 Å². The Balaban J connectivity index is 0.000000890. The molecule has 61 heavy (non-hydrogen) atoms. The maximum Gasteiger partial charge on any atom is 0.296 e. The molecule has 4 rings (SSSR count). The number of rotatable bonds is 23. The minimum atomic E-state index is -3.58. The predicted molar refractivity (Wildman–Crippen MR) is 270 cm³/mol. The lowest BCUT2D eigenvalue weighted by atomic mass is 10.1. The van der Waals surface area contributed by atoms with Crippen molar-refractivity contribution in [3.63, 3.8) is 0 Å². The van der Waals surface area contributed by atoms with Crippen LogP contribution in [0.4, 0.5) is 0 Å². The second kappa shape index (κ2) is 35.5. The summed E-state index contributed by atoms with van der Waals surface area (Å²) in [5.74, 6) is 3.11. The number of halogens is 2. The summed E-state index contributed by atoms with van der Waals surface area (Å²) in [4.78, 5) is 0.233. The highest BCUT2D eigenvalue weighted by Gasteiger charge is 2.44. The lowest BCUT2D eigenvalue weighted by Crippen LogP contribution is -3.00. The third kappa shape index (κ3) is 26.5. The molecule has 0 aliphatic heterocycles. The predicted octanol–water partition coefficient (Wildman–Crippen LogP) is 11.4. The van der Waals surface area contributed by atoms with Crippen molar-refractivity contribution in [3.05, 3.63) is 121 Å². The molecule has 4 aromatic rings. The largest absolute Gasteiger partial charge is 1.00 e. The lowest BCUT2D eigenvalue weighted by molar-refractivity contribution is -0.0000180. The van der Waals surface area contributed by atoms with E-state index < -0.39 is 17.4 Å². The van der Waals surface area contributed by atoms with E-state index in [1.165, 1.54) is 78.8 Å². The Hall–Kier alpha value is -1.86. The number of benzene rings is 4. The molecule has 344 valence electrons. The highest BCUT2D eigenvalue weighted by molar-refractivity contribution is 9.09. The molecule has 0 atom stereocenters. The molecule has 0 fully saturated rings. The van der Waals surface area contributed by atoms with Crippen molar-refractivity contribution in [2.75, 3.05) is 24.7 Å². The number of alkyl halides is 1. The van der Waals surface area contributed by atoms with Crippen LogP contribution in [-0.2, 0) is 14.3 Å². The van der Waals surface area contributed by atoms with Crippen molar-refractivity contribution in [3.8, 4) is 0 Å².